The highest BCUT2D eigenvalue weighted by atomic mass is 16.5. The molecule has 2 aromatic rings. The van der Waals surface area contributed by atoms with Crippen LogP contribution in [0.4, 0.5) is 0 Å². The van der Waals surface area contributed by atoms with Gasteiger partial charge in [-0.3, -0.25) is 0 Å². The Bertz CT molecular complexity index is 642. The van der Waals surface area contributed by atoms with Crippen LogP contribution in [0.1, 0.15) is 33.4 Å². The molecular formula is C18H22O2. The van der Waals surface area contributed by atoms with Gasteiger partial charge in [-0.2, -0.15) is 0 Å². The number of phenolic OH excluding ortho intramolecular Hbond substituents is 1. The molecule has 2 aromatic carbocycles. The van der Waals surface area contributed by atoms with E-state index in [0.717, 1.165) is 28.0 Å². The van der Waals surface area contributed by atoms with E-state index in [0.29, 0.717) is 12.2 Å². The predicted molar refractivity (Wildman–Crippen MR) is 82.9 cm³/mol. The van der Waals surface area contributed by atoms with Crippen LogP contribution in [0.15, 0.2) is 24.3 Å². The molecule has 0 aliphatic heterocycles. The third-order valence-corrected chi connectivity index (χ3v) is 3.60. The van der Waals surface area contributed by atoms with Gasteiger partial charge in [-0.25, -0.2) is 0 Å². The maximum absolute atomic E-state index is 10.2. The Morgan fingerprint density at radius 2 is 1.40 bits per heavy atom. The first-order chi connectivity index (χ1) is 9.42. The van der Waals surface area contributed by atoms with Gasteiger partial charge in [0.1, 0.15) is 11.5 Å². The number of hydrogen-bond donors (Lipinski definition) is 1. The minimum atomic E-state index is 0.386. The van der Waals surface area contributed by atoms with Crippen molar-refractivity contribution in [1.29, 1.82) is 0 Å². The molecule has 0 aromatic heterocycles. The highest BCUT2D eigenvalue weighted by Crippen LogP contribution is 2.31. The zero-order valence-corrected chi connectivity index (χ0v) is 12.9. The van der Waals surface area contributed by atoms with Crippen molar-refractivity contribution in [2.45, 2.75) is 34.1 Å². The van der Waals surface area contributed by atoms with Gasteiger partial charge in [-0.15, -0.1) is 0 Å². The maximum atomic E-state index is 10.2. The SMILES string of the molecule is COc1c(C)cc(C)cc1Cc1cc(C)cc(C)c1O. The Hall–Kier alpha value is -1.96. The summed E-state index contributed by atoms with van der Waals surface area (Å²) >= 11 is 0. The Kier molecular flexibility index (Phi) is 4.03. The van der Waals surface area contributed by atoms with Crippen LogP contribution in [0.5, 0.6) is 11.5 Å². The minimum absolute atomic E-state index is 0.386. The van der Waals surface area contributed by atoms with E-state index in [4.69, 9.17) is 4.74 Å². The van der Waals surface area contributed by atoms with Crippen LogP contribution in [0.2, 0.25) is 0 Å². The van der Waals surface area contributed by atoms with E-state index in [-0.39, 0.29) is 0 Å². The highest BCUT2D eigenvalue weighted by molar-refractivity contribution is 5.50. The lowest BCUT2D eigenvalue weighted by atomic mass is 9.96. The van der Waals surface area contributed by atoms with Gasteiger partial charge in [-0.1, -0.05) is 35.4 Å². The number of methoxy groups -OCH3 is 1. The lowest BCUT2D eigenvalue weighted by molar-refractivity contribution is 0.407. The van der Waals surface area contributed by atoms with Crippen molar-refractivity contribution in [3.05, 3.63) is 57.6 Å². The molecular weight excluding hydrogens is 248 g/mol. The molecule has 1 N–H and O–H groups in total. The van der Waals surface area contributed by atoms with Gasteiger partial charge in [0, 0.05) is 6.42 Å². The summed E-state index contributed by atoms with van der Waals surface area (Å²) in [5, 5.41) is 10.2. The molecule has 0 radical (unpaired) electrons. The lowest BCUT2D eigenvalue weighted by Gasteiger charge is -2.15. The summed E-state index contributed by atoms with van der Waals surface area (Å²) in [4.78, 5) is 0. The number of rotatable bonds is 3. The number of phenols is 1. The Morgan fingerprint density at radius 1 is 0.850 bits per heavy atom. The van der Waals surface area contributed by atoms with Crippen LogP contribution in [0.25, 0.3) is 0 Å². The van der Waals surface area contributed by atoms with Gasteiger partial charge in [0.25, 0.3) is 0 Å². The fourth-order valence-corrected chi connectivity index (χ4v) is 2.85. The predicted octanol–water partition coefficient (Wildman–Crippen LogP) is 4.23. The van der Waals surface area contributed by atoms with Crippen molar-refractivity contribution in [2.24, 2.45) is 0 Å². The zero-order chi connectivity index (χ0) is 14.9. The molecule has 0 fully saturated rings. The number of benzene rings is 2. The van der Waals surface area contributed by atoms with Crippen molar-refractivity contribution in [3.8, 4) is 11.5 Å². The summed E-state index contributed by atoms with van der Waals surface area (Å²) in [5.74, 6) is 1.30. The molecule has 0 aliphatic rings. The second kappa shape index (κ2) is 5.58. The van der Waals surface area contributed by atoms with Gasteiger partial charge in [-0.05, 0) is 49.9 Å². The molecule has 2 nitrogen and oxygen atoms in total. The number of aryl methyl sites for hydroxylation is 4. The quantitative estimate of drug-likeness (QED) is 0.904. The van der Waals surface area contributed by atoms with Crippen LogP contribution in [0, 0.1) is 27.7 Å². The topological polar surface area (TPSA) is 29.5 Å². The van der Waals surface area contributed by atoms with Crippen molar-refractivity contribution in [2.75, 3.05) is 7.11 Å². The summed E-state index contributed by atoms with van der Waals surface area (Å²) in [5.41, 5.74) is 6.49. The molecule has 0 heterocycles. The third kappa shape index (κ3) is 2.79. The van der Waals surface area contributed by atoms with Gasteiger partial charge in [0.05, 0.1) is 7.11 Å². The first-order valence-electron chi connectivity index (χ1n) is 6.85. The van der Waals surface area contributed by atoms with Crippen LogP contribution < -0.4 is 4.74 Å². The number of ether oxygens (including phenoxy) is 1. The molecule has 0 bridgehead atoms. The lowest BCUT2D eigenvalue weighted by Crippen LogP contribution is -1.99. The average molecular weight is 270 g/mol. The van der Waals surface area contributed by atoms with Crippen molar-refractivity contribution in [3.63, 3.8) is 0 Å². The fourth-order valence-electron chi connectivity index (χ4n) is 2.85. The van der Waals surface area contributed by atoms with E-state index in [2.05, 4.69) is 32.9 Å². The Morgan fingerprint density at radius 3 is 2.00 bits per heavy atom. The zero-order valence-electron chi connectivity index (χ0n) is 12.9. The third-order valence-electron chi connectivity index (χ3n) is 3.60. The molecule has 0 amide bonds. The molecule has 20 heavy (non-hydrogen) atoms. The number of aromatic hydroxyl groups is 1. The maximum Gasteiger partial charge on any atom is 0.125 e. The molecule has 2 heteroatoms. The molecule has 0 saturated carbocycles. The molecule has 0 spiro atoms. The first kappa shape index (κ1) is 14.4. The van der Waals surface area contributed by atoms with Crippen LogP contribution in [-0.2, 0) is 6.42 Å². The van der Waals surface area contributed by atoms with Crippen molar-refractivity contribution >= 4 is 0 Å². The van der Waals surface area contributed by atoms with Gasteiger partial charge in [0.15, 0.2) is 0 Å². The summed E-state index contributed by atoms with van der Waals surface area (Å²) < 4.78 is 5.52. The highest BCUT2D eigenvalue weighted by Gasteiger charge is 2.12. The second-order valence-electron chi connectivity index (χ2n) is 5.54. The van der Waals surface area contributed by atoms with E-state index < -0.39 is 0 Å². The van der Waals surface area contributed by atoms with E-state index in [9.17, 15) is 5.11 Å². The molecule has 0 saturated heterocycles. The van der Waals surface area contributed by atoms with Gasteiger partial charge < -0.3 is 9.84 Å². The standard InChI is InChI=1S/C18H22O2/c1-11-6-13(3)17(19)15(8-11)10-16-9-12(2)7-14(4)18(16)20-5/h6-9,19H,10H2,1-5H3. The molecule has 2 rings (SSSR count). The van der Waals surface area contributed by atoms with E-state index in [1.165, 1.54) is 11.1 Å². The van der Waals surface area contributed by atoms with Crippen molar-refractivity contribution in [1.82, 2.24) is 0 Å². The van der Waals surface area contributed by atoms with E-state index >= 15 is 0 Å². The molecule has 0 unspecified atom stereocenters. The Labute approximate surface area is 121 Å². The van der Waals surface area contributed by atoms with Gasteiger partial charge >= 0.3 is 0 Å². The first-order valence-corrected chi connectivity index (χ1v) is 6.85. The van der Waals surface area contributed by atoms with Crippen molar-refractivity contribution < 1.29 is 9.84 Å². The largest absolute Gasteiger partial charge is 0.507 e. The average Bonchev–Trinajstić information content (AvgIpc) is 2.35. The molecule has 0 atom stereocenters. The smallest absolute Gasteiger partial charge is 0.125 e. The summed E-state index contributed by atoms with van der Waals surface area (Å²) in [6, 6.07) is 8.28. The molecule has 0 aliphatic carbocycles. The van der Waals surface area contributed by atoms with E-state index in [1.54, 1.807) is 7.11 Å². The molecule has 106 valence electrons. The Balaban J connectivity index is 2.50. The summed E-state index contributed by atoms with van der Waals surface area (Å²) in [6.07, 6.45) is 0.681. The monoisotopic (exact) mass is 270 g/mol. The van der Waals surface area contributed by atoms with Gasteiger partial charge in [0.2, 0.25) is 0 Å². The van der Waals surface area contributed by atoms with Crippen LogP contribution in [-0.4, -0.2) is 12.2 Å². The van der Waals surface area contributed by atoms with Crippen LogP contribution in [0.3, 0.4) is 0 Å². The second-order valence-corrected chi connectivity index (χ2v) is 5.54. The fraction of sp³-hybridized carbons (Fsp3) is 0.333. The summed E-state index contributed by atoms with van der Waals surface area (Å²) in [6.45, 7) is 8.12. The van der Waals surface area contributed by atoms with Crippen LogP contribution >= 0.6 is 0 Å². The minimum Gasteiger partial charge on any atom is -0.507 e. The summed E-state index contributed by atoms with van der Waals surface area (Å²) in [7, 11) is 1.70. The number of hydrogen-bond acceptors (Lipinski definition) is 2. The normalized spacial score (nSPS) is 10.7. The van der Waals surface area contributed by atoms with E-state index in [1.807, 2.05) is 19.1 Å².